The topological polar surface area (TPSA) is 32.8 Å². The molecular weight excluding hydrogens is 348 g/mol. The number of amides is 1. The molecule has 0 unspecified atom stereocenters. The molecule has 1 fully saturated rings. The number of carbonyl (C=O) groups excluding carboxylic acids is 1. The Balaban J connectivity index is 1.43. The molecule has 28 heavy (non-hydrogen) atoms. The van der Waals surface area contributed by atoms with Gasteiger partial charge < -0.3 is 14.5 Å². The van der Waals surface area contributed by atoms with E-state index in [0.29, 0.717) is 6.61 Å². The minimum Gasteiger partial charge on any atom is -0.445 e. The zero-order chi connectivity index (χ0) is 19.8. The van der Waals surface area contributed by atoms with Crippen LogP contribution >= 0.6 is 0 Å². The molecule has 4 nitrogen and oxygen atoms in total. The van der Waals surface area contributed by atoms with Gasteiger partial charge in [-0.25, -0.2) is 4.79 Å². The van der Waals surface area contributed by atoms with Gasteiger partial charge in [0.2, 0.25) is 0 Å². The smallest absolute Gasteiger partial charge is 0.410 e. The molecule has 2 aliphatic rings. The van der Waals surface area contributed by atoms with Crippen LogP contribution in [0.1, 0.15) is 44.7 Å². The third kappa shape index (κ3) is 3.48. The molecule has 1 spiro atoms. The number of ether oxygens (including phenoxy) is 1. The van der Waals surface area contributed by atoms with Gasteiger partial charge in [0.1, 0.15) is 6.61 Å². The number of benzene rings is 2. The van der Waals surface area contributed by atoms with Crippen LogP contribution in [0.2, 0.25) is 0 Å². The molecule has 0 bridgehead atoms. The highest BCUT2D eigenvalue weighted by Crippen LogP contribution is 2.49. The number of para-hydroxylation sites is 1. The number of hydrogen-bond acceptors (Lipinski definition) is 3. The predicted molar refractivity (Wildman–Crippen MR) is 113 cm³/mol. The van der Waals surface area contributed by atoms with Gasteiger partial charge in [-0.2, -0.15) is 0 Å². The van der Waals surface area contributed by atoms with Crippen LogP contribution in [0.25, 0.3) is 0 Å². The fraction of sp³-hybridized carbons (Fsp3) is 0.458. The van der Waals surface area contributed by atoms with Crippen molar-refractivity contribution in [3.05, 3.63) is 65.7 Å². The lowest BCUT2D eigenvalue weighted by Gasteiger charge is -2.41. The molecule has 0 atom stereocenters. The van der Waals surface area contributed by atoms with E-state index >= 15 is 0 Å². The summed E-state index contributed by atoms with van der Waals surface area (Å²) in [4.78, 5) is 16.9. The van der Waals surface area contributed by atoms with Crippen LogP contribution in [0.15, 0.2) is 54.6 Å². The van der Waals surface area contributed by atoms with Gasteiger partial charge in [0.05, 0.1) is 0 Å². The van der Waals surface area contributed by atoms with Gasteiger partial charge in [-0.1, -0.05) is 48.5 Å². The lowest BCUT2D eigenvalue weighted by Crippen LogP contribution is -2.50. The average Bonchev–Trinajstić information content (AvgIpc) is 3.02. The summed E-state index contributed by atoms with van der Waals surface area (Å²) in [5.41, 5.74) is 4.05. The summed E-state index contributed by atoms with van der Waals surface area (Å²) in [6.07, 6.45) is 1.77. The van der Waals surface area contributed by atoms with E-state index in [0.717, 1.165) is 38.0 Å². The van der Waals surface area contributed by atoms with Crippen molar-refractivity contribution in [3.63, 3.8) is 0 Å². The normalized spacial score (nSPS) is 18.2. The largest absolute Gasteiger partial charge is 0.445 e. The number of anilines is 1. The fourth-order valence-corrected chi connectivity index (χ4v) is 4.58. The number of carbonyl (C=O) groups is 1. The maximum atomic E-state index is 12.5. The number of nitrogens with zero attached hydrogens (tertiary/aromatic N) is 2. The lowest BCUT2D eigenvalue weighted by atomic mass is 9.74. The molecule has 1 saturated heterocycles. The summed E-state index contributed by atoms with van der Waals surface area (Å²) in [5, 5.41) is 0. The maximum absolute atomic E-state index is 12.5. The van der Waals surface area contributed by atoms with Gasteiger partial charge in [-0.3, -0.25) is 0 Å². The molecule has 2 aromatic rings. The highest BCUT2D eigenvalue weighted by molar-refractivity contribution is 5.69. The molecular formula is C24H30N2O2. The Morgan fingerprint density at radius 1 is 1.00 bits per heavy atom. The summed E-state index contributed by atoms with van der Waals surface area (Å²) in [6, 6.07) is 18.7. The van der Waals surface area contributed by atoms with Crippen LogP contribution in [-0.4, -0.2) is 36.2 Å². The van der Waals surface area contributed by atoms with Crippen molar-refractivity contribution in [2.45, 2.75) is 51.2 Å². The van der Waals surface area contributed by atoms with Crippen molar-refractivity contribution in [1.29, 1.82) is 0 Å². The van der Waals surface area contributed by atoms with E-state index in [9.17, 15) is 4.79 Å². The third-order valence-electron chi connectivity index (χ3n) is 6.22. The van der Waals surface area contributed by atoms with Crippen LogP contribution in [0.4, 0.5) is 10.5 Å². The molecule has 0 N–H and O–H groups in total. The molecule has 0 radical (unpaired) electrons. The SMILES string of the molecule is CC(C)(C)N1CC2(CCN(C(=O)OCc3ccccc3)CC2)c2ccccc21. The molecule has 0 aliphatic carbocycles. The monoisotopic (exact) mass is 378 g/mol. The van der Waals surface area contributed by atoms with Crippen molar-refractivity contribution in [1.82, 2.24) is 4.90 Å². The Morgan fingerprint density at radius 3 is 2.32 bits per heavy atom. The Kier molecular flexibility index (Phi) is 4.82. The van der Waals surface area contributed by atoms with Gasteiger partial charge in [0.25, 0.3) is 0 Å². The van der Waals surface area contributed by atoms with Crippen LogP contribution in [0.5, 0.6) is 0 Å². The molecule has 2 aliphatic heterocycles. The van der Waals surface area contributed by atoms with E-state index in [1.54, 1.807) is 0 Å². The van der Waals surface area contributed by atoms with Gasteiger partial charge in [-0.05, 0) is 50.8 Å². The third-order valence-corrected chi connectivity index (χ3v) is 6.22. The van der Waals surface area contributed by atoms with E-state index < -0.39 is 0 Å². The van der Waals surface area contributed by atoms with Gasteiger partial charge in [-0.15, -0.1) is 0 Å². The number of hydrogen-bond donors (Lipinski definition) is 0. The minimum absolute atomic E-state index is 0.0886. The molecule has 4 rings (SSSR count). The zero-order valence-corrected chi connectivity index (χ0v) is 17.1. The molecule has 1 amide bonds. The van der Waals surface area contributed by atoms with E-state index in [1.165, 1.54) is 11.3 Å². The Morgan fingerprint density at radius 2 is 1.64 bits per heavy atom. The molecule has 2 aromatic carbocycles. The summed E-state index contributed by atoms with van der Waals surface area (Å²) in [7, 11) is 0. The maximum Gasteiger partial charge on any atom is 0.410 e. The van der Waals surface area contributed by atoms with Gasteiger partial charge in [0.15, 0.2) is 0 Å². The second-order valence-corrected chi connectivity index (χ2v) is 9.08. The minimum atomic E-state index is -0.197. The van der Waals surface area contributed by atoms with Crippen molar-refractivity contribution in [2.24, 2.45) is 0 Å². The van der Waals surface area contributed by atoms with Gasteiger partial charge >= 0.3 is 6.09 Å². The fourth-order valence-electron chi connectivity index (χ4n) is 4.58. The standard InChI is InChI=1S/C24H30N2O2/c1-23(2,3)26-18-24(20-11-7-8-12-21(20)26)13-15-25(16-14-24)22(27)28-17-19-9-5-4-6-10-19/h4-12H,13-18H2,1-3H3. The highest BCUT2D eigenvalue weighted by Gasteiger charge is 2.47. The average molecular weight is 379 g/mol. The van der Waals surface area contributed by atoms with E-state index in [-0.39, 0.29) is 17.0 Å². The predicted octanol–water partition coefficient (Wildman–Crippen LogP) is 4.98. The first-order valence-electron chi connectivity index (χ1n) is 10.2. The van der Waals surface area contributed by atoms with Crippen LogP contribution < -0.4 is 4.90 Å². The first-order valence-corrected chi connectivity index (χ1v) is 10.2. The Labute approximate surface area is 168 Å². The van der Waals surface area contributed by atoms with E-state index in [4.69, 9.17) is 4.74 Å². The highest BCUT2D eigenvalue weighted by atomic mass is 16.6. The molecule has 0 saturated carbocycles. The van der Waals surface area contributed by atoms with Crippen molar-refractivity contribution in [3.8, 4) is 0 Å². The number of fused-ring (bicyclic) bond motifs is 2. The van der Waals surface area contributed by atoms with Crippen molar-refractivity contribution < 1.29 is 9.53 Å². The van der Waals surface area contributed by atoms with Crippen molar-refractivity contribution >= 4 is 11.8 Å². The molecule has 4 heteroatoms. The quantitative estimate of drug-likeness (QED) is 0.739. The number of rotatable bonds is 2. The summed E-state index contributed by atoms with van der Waals surface area (Å²) < 4.78 is 5.54. The van der Waals surface area contributed by atoms with E-state index in [1.807, 2.05) is 35.2 Å². The Hall–Kier alpha value is -2.49. The van der Waals surface area contributed by atoms with Crippen molar-refractivity contribution in [2.75, 3.05) is 24.5 Å². The van der Waals surface area contributed by atoms with Gasteiger partial charge in [0, 0.05) is 36.3 Å². The molecule has 148 valence electrons. The van der Waals surface area contributed by atoms with Crippen LogP contribution in [0, 0.1) is 0 Å². The Bertz CT molecular complexity index is 833. The summed E-state index contributed by atoms with van der Waals surface area (Å²) in [5.74, 6) is 0. The first-order chi connectivity index (χ1) is 13.4. The second kappa shape index (κ2) is 7.16. The zero-order valence-electron chi connectivity index (χ0n) is 17.1. The van der Waals surface area contributed by atoms with E-state index in [2.05, 4.69) is 49.9 Å². The lowest BCUT2D eigenvalue weighted by molar-refractivity contribution is 0.0786. The molecule has 0 aromatic heterocycles. The summed E-state index contributed by atoms with van der Waals surface area (Å²) >= 11 is 0. The number of likely N-dealkylation sites (tertiary alicyclic amines) is 1. The van der Waals surface area contributed by atoms with Crippen LogP contribution in [0.3, 0.4) is 0 Å². The van der Waals surface area contributed by atoms with Crippen LogP contribution in [-0.2, 0) is 16.8 Å². The summed E-state index contributed by atoms with van der Waals surface area (Å²) in [6.45, 7) is 9.70. The first kappa shape index (κ1) is 18.9. The number of piperidine rings is 1. The molecule has 2 heterocycles. The second-order valence-electron chi connectivity index (χ2n) is 9.08.